The van der Waals surface area contributed by atoms with Crippen molar-refractivity contribution in [3.05, 3.63) is 33.3 Å². The van der Waals surface area contributed by atoms with Crippen LogP contribution in [0.15, 0.2) is 22.7 Å². The van der Waals surface area contributed by atoms with Gasteiger partial charge in [-0.2, -0.15) is 0 Å². The molecule has 0 saturated heterocycles. The minimum atomic E-state index is 0.134. The van der Waals surface area contributed by atoms with Crippen LogP contribution in [0.5, 0.6) is 0 Å². The molecule has 1 fully saturated rings. The Kier molecular flexibility index (Phi) is 5.03. The van der Waals surface area contributed by atoms with Crippen LogP contribution in [0.4, 0.5) is 0 Å². The maximum atomic E-state index is 11.4. The van der Waals surface area contributed by atoms with Crippen LogP contribution in [0.25, 0.3) is 0 Å². The fourth-order valence-electron chi connectivity index (χ4n) is 1.63. The zero-order valence-corrected chi connectivity index (χ0v) is 12.4. The number of amides is 1. The lowest BCUT2D eigenvalue weighted by molar-refractivity contribution is -0.121. The molecule has 1 saturated carbocycles. The van der Waals surface area contributed by atoms with Crippen molar-refractivity contribution in [2.24, 2.45) is 0 Å². The van der Waals surface area contributed by atoms with Gasteiger partial charge in [0.1, 0.15) is 0 Å². The summed E-state index contributed by atoms with van der Waals surface area (Å²) in [6.45, 7) is 1.38. The predicted molar refractivity (Wildman–Crippen MR) is 76.6 cm³/mol. The summed E-state index contributed by atoms with van der Waals surface area (Å²) in [4.78, 5) is 11.4. The summed E-state index contributed by atoms with van der Waals surface area (Å²) in [6, 6.07) is 6.14. The smallest absolute Gasteiger partial charge is 0.221 e. The summed E-state index contributed by atoms with van der Waals surface area (Å²) in [5.74, 6) is 0.134. The number of carbonyl (C=O) groups is 1. The van der Waals surface area contributed by atoms with Crippen molar-refractivity contribution in [3.8, 4) is 0 Å². The van der Waals surface area contributed by atoms with Crippen LogP contribution in [0, 0.1) is 0 Å². The van der Waals surface area contributed by atoms with Crippen LogP contribution in [0.1, 0.15) is 24.8 Å². The second kappa shape index (κ2) is 6.55. The van der Waals surface area contributed by atoms with E-state index in [0.29, 0.717) is 25.6 Å². The number of rotatable bonds is 6. The average molecular weight is 332 g/mol. The van der Waals surface area contributed by atoms with Gasteiger partial charge in [0.15, 0.2) is 0 Å². The van der Waals surface area contributed by atoms with Crippen molar-refractivity contribution in [1.82, 2.24) is 10.6 Å². The van der Waals surface area contributed by atoms with Gasteiger partial charge in [-0.15, -0.1) is 0 Å². The van der Waals surface area contributed by atoms with Gasteiger partial charge in [-0.25, -0.2) is 0 Å². The van der Waals surface area contributed by atoms with Crippen LogP contribution in [0.2, 0.25) is 5.02 Å². The maximum Gasteiger partial charge on any atom is 0.221 e. The summed E-state index contributed by atoms with van der Waals surface area (Å²) >= 11 is 9.41. The first-order valence-corrected chi connectivity index (χ1v) is 7.26. The third kappa shape index (κ3) is 4.59. The Morgan fingerprint density at radius 2 is 2.22 bits per heavy atom. The van der Waals surface area contributed by atoms with E-state index < -0.39 is 0 Å². The summed E-state index contributed by atoms with van der Waals surface area (Å²) in [5.41, 5.74) is 1.10. The van der Waals surface area contributed by atoms with Crippen molar-refractivity contribution in [2.75, 3.05) is 6.54 Å². The van der Waals surface area contributed by atoms with Gasteiger partial charge in [0, 0.05) is 35.0 Å². The summed E-state index contributed by atoms with van der Waals surface area (Å²) in [5, 5.41) is 6.93. The second-order valence-corrected chi connectivity index (χ2v) is 5.80. The number of nitrogens with one attached hydrogen (secondary N) is 2. The van der Waals surface area contributed by atoms with E-state index >= 15 is 0 Å². The van der Waals surface area contributed by atoms with Crippen LogP contribution in [-0.2, 0) is 11.3 Å². The number of hydrogen-bond acceptors (Lipinski definition) is 2. The van der Waals surface area contributed by atoms with E-state index in [-0.39, 0.29) is 5.91 Å². The van der Waals surface area contributed by atoms with Crippen LogP contribution >= 0.6 is 27.5 Å². The normalized spacial score (nSPS) is 14.6. The van der Waals surface area contributed by atoms with Crippen molar-refractivity contribution in [1.29, 1.82) is 0 Å². The third-order valence-corrected chi connectivity index (χ3v) is 3.80. The van der Waals surface area contributed by atoms with Crippen molar-refractivity contribution >= 4 is 33.4 Å². The lowest BCUT2D eigenvalue weighted by atomic mass is 10.2. The van der Waals surface area contributed by atoms with Crippen molar-refractivity contribution in [3.63, 3.8) is 0 Å². The van der Waals surface area contributed by atoms with E-state index in [1.807, 2.05) is 18.2 Å². The molecule has 1 aliphatic rings. The van der Waals surface area contributed by atoms with Crippen LogP contribution < -0.4 is 10.6 Å². The van der Waals surface area contributed by atoms with E-state index in [1.54, 1.807) is 0 Å². The Morgan fingerprint density at radius 1 is 1.44 bits per heavy atom. The van der Waals surface area contributed by atoms with Gasteiger partial charge >= 0.3 is 0 Å². The molecule has 0 bridgehead atoms. The molecule has 98 valence electrons. The fourth-order valence-corrected chi connectivity index (χ4v) is 2.21. The molecular formula is C13H16BrClN2O. The molecule has 0 heterocycles. The quantitative estimate of drug-likeness (QED) is 0.787. The zero-order valence-electron chi connectivity index (χ0n) is 10.0. The molecule has 1 amide bonds. The first-order chi connectivity index (χ1) is 8.65. The lowest BCUT2D eigenvalue weighted by Gasteiger charge is -2.07. The minimum absolute atomic E-state index is 0.134. The highest BCUT2D eigenvalue weighted by molar-refractivity contribution is 9.10. The first kappa shape index (κ1) is 13.8. The molecule has 0 spiro atoms. The molecule has 18 heavy (non-hydrogen) atoms. The average Bonchev–Trinajstić information content (AvgIpc) is 3.13. The van der Waals surface area contributed by atoms with Crippen LogP contribution in [0.3, 0.4) is 0 Å². The number of carbonyl (C=O) groups excluding carboxylic acids is 1. The Hall–Kier alpha value is -0.580. The minimum Gasteiger partial charge on any atom is -0.353 e. The largest absolute Gasteiger partial charge is 0.353 e. The van der Waals surface area contributed by atoms with E-state index in [2.05, 4.69) is 26.6 Å². The molecule has 0 atom stereocenters. The van der Waals surface area contributed by atoms with E-state index in [1.165, 1.54) is 0 Å². The first-order valence-electron chi connectivity index (χ1n) is 6.09. The third-order valence-electron chi connectivity index (χ3n) is 2.79. The number of halogens is 2. The molecule has 0 radical (unpaired) electrons. The maximum absolute atomic E-state index is 11.4. The van der Waals surface area contributed by atoms with Crippen LogP contribution in [-0.4, -0.2) is 18.5 Å². The molecule has 0 aliphatic heterocycles. The highest BCUT2D eigenvalue weighted by Gasteiger charge is 2.22. The number of hydrogen-bond donors (Lipinski definition) is 2. The van der Waals surface area contributed by atoms with Gasteiger partial charge in [0.2, 0.25) is 5.91 Å². The fraction of sp³-hybridized carbons (Fsp3) is 0.462. The summed E-state index contributed by atoms with van der Waals surface area (Å²) in [7, 11) is 0. The van der Waals surface area contributed by atoms with Crippen molar-refractivity contribution < 1.29 is 4.79 Å². The molecule has 0 aromatic heterocycles. The monoisotopic (exact) mass is 330 g/mol. The highest BCUT2D eigenvalue weighted by Crippen LogP contribution is 2.21. The number of benzene rings is 1. The second-order valence-electron chi connectivity index (χ2n) is 4.50. The van der Waals surface area contributed by atoms with E-state index in [4.69, 9.17) is 11.6 Å². The predicted octanol–water partition coefficient (Wildman–Crippen LogP) is 2.86. The van der Waals surface area contributed by atoms with E-state index in [9.17, 15) is 4.79 Å². The van der Waals surface area contributed by atoms with Gasteiger partial charge < -0.3 is 10.6 Å². The molecule has 2 rings (SSSR count). The van der Waals surface area contributed by atoms with E-state index in [0.717, 1.165) is 27.9 Å². The SMILES string of the molecule is O=C(CCNCc1cc(Cl)ccc1Br)NC1CC1. The van der Waals surface area contributed by atoms with Gasteiger partial charge in [-0.05, 0) is 36.6 Å². The molecule has 1 aliphatic carbocycles. The Bertz CT molecular complexity index is 435. The molecule has 0 unspecified atom stereocenters. The lowest BCUT2D eigenvalue weighted by Crippen LogP contribution is -2.29. The van der Waals surface area contributed by atoms with Gasteiger partial charge in [0.05, 0.1) is 0 Å². The molecule has 2 N–H and O–H groups in total. The topological polar surface area (TPSA) is 41.1 Å². The highest BCUT2D eigenvalue weighted by atomic mass is 79.9. The summed E-state index contributed by atoms with van der Waals surface area (Å²) in [6.07, 6.45) is 2.79. The molecule has 1 aromatic carbocycles. The Labute approximate surface area is 120 Å². The molecule has 3 nitrogen and oxygen atoms in total. The molecular weight excluding hydrogens is 316 g/mol. The Morgan fingerprint density at radius 3 is 2.94 bits per heavy atom. The van der Waals surface area contributed by atoms with Gasteiger partial charge in [0.25, 0.3) is 0 Å². The molecule has 5 heteroatoms. The molecule has 1 aromatic rings. The Balaban J connectivity index is 1.67. The van der Waals surface area contributed by atoms with Crippen molar-refractivity contribution in [2.45, 2.75) is 31.8 Å². The zero-order chi connectivity index (χ0) is 13.0. The van der Waals surface area contributed by atoms with Gasteiger partial charge in [-0.1, -0.05) is 27.5 Å². The van der Waals surface area contributed by atoms with Gasteiger partial charge in [-0.3, -0.25) is 4.79 Å². The summed E-state index contributed by atoms with van der Waals surface area (Å²) < 4.78 is 1.03. The standard InChI is InChI=1S/C13H16BrClN2O/c14-12-4-1-10(15)7-9(12)8-16-6-5-13(18)17-11-2-3-11/h1,4,7,11,16H,2-3,5-6,8H2,(H,17,18).